The Bertz CT molecular complexity index is 806. The van der Waals surface area contributed by atoms with Crippen molar-refractivity contribution in [2.45, 2.75) is 6.04 Å². The minimum atomic E-state index is -1.61. The average Bonchev–Trinajstić information content (AvgIpc) is 2.64. The summed E-state index contributed by atoms with van der Waals surface area (Å²) < 4.78 is 0. The first-order valence-electron chi connectivity index (χ1n) is 6.51. The molecule has 0 aliphatic carbocycles. The normalized spacial score (nSPS) is 14.4. The van der Waals surface area contributed by atoms with Crippen LogP contribution in [0.3, 0.4) is 0 Å². The molecule has 0 fully saturated rings. The number of amides is 1. The van der Waals surface area contributed by atoms with Crippen molar-refractivity contribution in [2.24, 2.45) is 4.99 Å². The minimum Gasteiger partial charge on any atom is -0.870 e. The van der Waals surface area contributed by atoms with E-state index >= 15 is 0 Å². The maximum absolute atomic E-state index is 12.0. The van der Waals surface area contributed by atoms with Gasteiger partial charge in [0.1, 0.15) is 0 Å². The molecule has 0 bridgehead atoms. The van der Waals surface area contributed by atoms with Crippen LogP contribution in [-0.4, -0.2) is 29.1 Å². The number of hydrogen-bond acceptors (Lipinski definition) is 5. The van der Waals surface area contributed by atoms with Gasteiger partial charge in [0.15, 0.2) is 6.04 Å². The van der Waals surface area contributed by atoms with Crippen molar-refractivity contribution < 1.29 is 139 Å². The summed E-state index contributed by atoms with van der Waals surface area (Å²) in [6, 6.07) is 12.3. The molecule has 10 heteroatoms. The molecular formula is C16H11ClK2N2NiO4. The molecule has 1 atom stereocenters. The van der Waals surface area contributed by atoms with E-state index < -0.39 is 17.9 Å². The molecule has 0 spiro atoms. The number of rotatable bonds is 2. The molecule has 2 N–H and O–H groups in total. The summed E-state index contributed by atoms with van der Waals surface area (Å²) in [5.74, 6) is -2.29. The second-order valence-corrected chi connectivity index (χ2v) is 5.18. The van der Waals surface area contributed by atoms with E-state index in [9.17, 15) is 14.7 Å². The number of fused-ring (bicyclic) bond motifs is 1. The zero-order valence-electron chi connectivity index (χ0n) is 14.0. The van der Waals surface area contributed by atoms with E-state index in [4.69, 9.17) is 11.6 Å². The summed E-state index contributed by atoms with van der Waals surface area (Å²) in [5.41, 5.74) is 2.09. The summed E-state index contributed by atoms with van der Waals surface area (Å²) in [7, 11) is 0. The predicted octanol–water partition coefficient (Wildman–Crippen LogP) is -4.92. The quantitative estimate of drug-likeness (QED) is 0.352. The number of anilines is 1. The number of carbonyl (C=O) groups excluding carboxylic acids is 2. The summed E-state index contributed by atoms with van der Waals surface area (Å²) in [6.45, 7) is 0. The van der Waals surface area contributed by atoms with Crippen LogP contribution >= 0.6 is 11.6 Å². The van der Waals surface area contributed by atoms with Crippen LogP contribution in [0.2, 0.25) is 5.02 Å². The van der Waals surface area contributed by atoms with Gasteiger partial charge in [-0.1, -0.05) is 41.9 Å². The van der Waals surface area contributed by atoms with Crippen LogP contribution in [0.4, 0.5) is 5.69 Å². The van der Waals surface area contributed by atoms with Gasteiger partial charge in [-0.25, -0.2) is 0 Å². The Morgan fingerprint density at radius 2 is 1.73 bits per heavy atom. The third kappa shape index (κ3) is 6.84. The fourth-order valence-corrected chi connectivity index (χ4v) is 2.44. The molecule has 0 aromatic heterocycles. The van der Waals surface area contributed by atoms with Crippen LogP contribution in [-0.2, 0) is 26.1 Å². The van der Waals surface area contributed by atoms with Crippen LogP contribution < -0.4 is 113 Å². The first-order chi connectivity index (χ1) is 10.6. The van der Waals surface area contributed by atoms with E-state index in [1.807, 2.05) is 6.07 Å². The predicted molar refractivity (Wildman–Crippen MR) is 82.9 cm³/mol. The largest absolute Gasteiger partial charge is 1.00 e. The van der Waals surface area contributed by atoms with Crippen LogP contribution in [0, 0.1) is 0 Å². The number of carbonyl (C=O) groups is 2. The number of aliphatic carboxylic acids is 1. The maximum Gasteiger partial charge on any atom is 1.00 e. The van der Waals surface area contributed by atoms with Crippen molar-refractivity contribution in [2.75, 3.05) is 5.32 Å². The summed E-state index contributed by atoms with van der Waals surface area (Å²) in [4.78, 5) is 27.3. The Morgan fingerprint density at radius 1 is 1.12 bits per heavy atom. The molecule has 1 heterocycles. The number of benzodiazepines with no additional fused rings is 1. The molecule has 26 heavy (non-hydrogen) atoms. The van der Waals surface area contributed by atoms with Crippen molar-refractivity contribution >= 4 is 34.9 Å². The van der Waals surface area contributed by atoms with Crippen LogP contribution in [0.25, 0.3) is 0 Å². The molecule has 1 amide bonds. The Labute approximate surface area is 250 Å². The zero-order chi connectivity index (χ0) is 15.7. The molecule has 0 saturated carbocycles. The van der Waals surface area contributed by atoms with Crippen molar-refractivity contribution in [3.05, 3.63) is 64.7 Å². The third-order valence-corrected chi connectivity index (χ3v) is 3.51. The number of carboxylic acid groups (broad SMARTS) is 1. The summed E-state index contributed by atoms with van der Waals surface area (Å²) in [6.07, 6.45) is 0. The molecule has 3 rings (SSSR count). The van der Waals surface area contributed by atoms with Gasteiger partial charge in [0.25, 0.3) is 5.91 Å². The number of hydrogen-bond donors (Lipinski definition) is 1. The molecule has 6 nitrogen and oxygen atoms in total. The monoisotopic (exact) mass is 466 g/mol. The Balaban J connectivity index is 0. The molecule has 2 aromatic carbocycles. The van der Waals surface area contributed by atoms with Gasteiger partial charge in [-0.15, -0.1) is 0 Å². The Morgan fingerprint density at radius 3 is 2.31 bits per heavy atom. The first-order valence-corrected chi connectivity index (χ1v) is 6.89. The molecule has 1 aliphatic heterocycles. The van der Waals surface area contributed by atoms with E-state index in [1.54, 1.807) is 42.5 Å². The molecule has 0 saturated heterocycles. The van der Waals surface area contributed by atoms with Crippen LogP contribution in [0.5, 0.6) is 0 Å². The van der Waals surface area contributed by atoms with Crippen molar-refractivity contribution in [3.63, 3.8) is 0 Å². The van der Waals surface area contributed by atoms with Gasteiger partial charge in [-0.3, -0.25) is 9.79 Å². The Hall–Kier alpha value is 1.07. The fraction of sp³-hybridized carbons (Fsp3) is 0.0625. The van der Waals surface area contributed by atoms with Gasteiger partial charge >= 0.3 is 103 Å². The minimum absolute atomic E-state index is 0. The first kappa shape index (κ1) is 29.3. The number of carboxylic acids is 1. The van der Waals surface area contributed by atoms with E-state index in [-0.39, 0.29) is 125 Å². The van der Waals surface area contributed by atoms with Crippen LogP contribution in [0.15, 0.2) is 53.5 Å². The summed E-state index contributed by atoms with van der Waals surface area (Å²) >= 11 is 6.02. The molecule has 1 aliphatic rings. The number of nitrogens with zero attached hydrogens (tertiary/aromatic N) is 1. The van der Waals surface area contributed by atoms with Crippen molar-refractivity contribution in [1.29, 1.82) is 0 Å². The van der Waals surface area contributed by atoms with E-state index in [2.05, 4.69) is 10.3 Å². The van der Waals surface area contributed by atoms with Gasteiger partial charge in [-0.05, 0) is 18.2 Å². The van der Waals surface area contributed by atoms with E-state index in [1.165, 1.54) is 0 Å². The standard InChI is InChI=1S/C16H11ClN2O3.2K.Ni.H2O/c17-10-6-7-12-11(8-10)13(9-4-2-1-3-5-9)19-14(16(21)22)15(20)18-12;;;;/h1-8,14H,(H,18,20)(H,21,22);;;;1H2/q;2*+1;;/p-2. The van der Waals surface area contributed by atoms with Crippen molar-refractivity contribution in [3.8, 4) is 0 Å². The molecule has 0 radical (unpaired) electrons. The fourth-order valence-electron chi connectivity index (χ4n) is 2.27. The zero-order valence-corrected chi connectivity index (χ0v) is 22.0. The van der Waals surface area contributed by atoms with Crippen LogP contribution in [0.1, 0.15) is 11.1 Å². The number of nitrogens with one attached hydrogen (secondary N) is 1. The molecular weight excluding hydrogens is 457 g/mol. The van der Waals surface area contributed by atoms with Crippen molar-refractivity contribution in [1.82, 2.24) is 0 Å². The number of benzene rings is 2. The van der Waals surface area contributed by atoms with E-state index in [0.29, 0.717) is 27.5 Å². The van der Waals surface area contributed by atoms with Gasteiger partial charge in [0, 0.05) is 32.6 Å². The molecule has 2 aromatic rings. The van der Waals surface area contributed by atoms with Gasteiger partial charge < -0.3 is 20.7 Å². The maximum atomic E-state index is 12.0. The Kier molecular flexibility index (Phi) is 15.0. The van der Waals surface area contributed by atoms with Gasteiger partial charge in [0.05, 0.1) is 17.4 Å². The number of halogens is 1. The topological polar surface area (TPSA) is 112 Å². The summed E-state index contributed by atoms with van der Waals surface area (Å²) in [5, 5.41) is 14.2. The SMILES string of the molecule is O=C([O-])C1N=C(c2ccccc2)c2cc(Cl)ccc2NC1=O.[K+].[K+].[Ni].[OH-]. The second kappa shape index (κ2) is 13.3. The smallest absolute Gasteiger partial charge is 0.870 e. The second-order valence-electron chi connectivity index (χ2n) is 4.74. The third-order valence-electron chi connectivity index (χ3n) is 3.27. The van der Waals surface area contributed by atoms with E-state index in [0.717, 1.165) is 0 Å². The average molecular weight is 468 g/mol. The molecule has 1 unspecified atom stereocenters. The van der Waals surface area contributed by atoms with Gasteiger partial charge in [-0.2, -0.15) is 0 Å². The molecule has 128 valence electrons. The number of aliphatic imine (C=N–C) groups is 1. The van der Waals surface area contributed by atoms with Gasteiger partial charge in [0.2, 0.25) is 0 Å².